The van der Waals surface area contributed by atoms with Gasteiger partial charge in [0.05, 0.1) is 4.92 Å². The molecule has 0 radical (unpaired) electrons. The Kier molecular flexibility index (Phi) is 5.58. The molecule has 2 aliphatic rings. The van der Waals surface area contributed by atoms with Gasteiger partial charge in [-0.2, -0.15) is 0 Å². The summed E-state index contributed by atoms with van der Waals surface area (Å²) in [6, 6.07) is 13.3. The summed E-state index contributed by atoms with van der Waals surface area (Å²) in [7, 11) is 0. The molecular formula is C22H24FN3O3. The molecule has 29 heavy (non-hydrogen) atoms. The predicted octanol–water partition coefficient (Wildman–Crippen LogP) is 4.05. The van der Waals surface area contributed by atoms with Crippen LogP contribution in [0.1, 0.15) is 48.0 Å². The largest absolute Gasteiger partial charge is 0.349 e. The van der Waals surface area contributed by atoms with Crippen LogP contribution in [0.4, 0.5) is 10.1 Å². The zero-order valence-electron chi connectivity index (χ0n) is 16.1. The van der Waals surface area contributed by atoms with Gasteiger partial charge in [0.25, 0.3) is 11.6 Å². The molecule has 7 heteroatoms. The second kappa shape index (κ2) is 8.29. The number of fused-ring (bicyclic) bond motifs is 2. The van der Waals surface area contributed by atoms with Gasteiger partial charge < -0.3 is 5.32 Å². The fourth-order valence-electron chi connectivity index (χ4n) is 4.68. The standard InChI is InChI=1S/C22H24FN3O3/c23-17-9-7-15(8-10-17)14-25-19-4-2-5-20(25)13-18(12-19)24-22(27)16-3-1-6-21(11-16)26(28)29/h1,3,6-11,18-20H,2,4-5,12-14H2,(H,24,27)/t19-,20-/m1/s1. The maximum atomic E-state index is 13.2. The molecule has 2 aromatic rings. The first kappa shape index (κ1) is 19.5. The molecule has 4 rings (SSSR count). The third-order valence-electron chi connectivity index (χ3n) is 6.06. The van der Waals surface area contributed by atoms with Gasteiger partial charge in [0, 0.05) is 42.4 Å². The van der Waals surface area contributed by atoms with Crippen LogP contribution in [-0.4, -0.2) is 33.9 Å². The number of rotatable bonds is 5. The number of benzene rings is 2. The van der Waals surface area contributed by atoms with Crippen LogP contribution in [0.2, 0.25) is 0 Å². The Morgan fingerprint density at radius 3 is 2.48 bits per heavy atom. The number of hydrogen-bond donors (Lipinski definition) is 1. The number of non-ortho nitro benzene ring substituents is 1. The monoisotopic (exact) mass is 397 g/mol. The highest BCUT2D eigenvalue weighted by Crippen LogP contribution is 2.35. The third kappa shape index (κ3) is 4.45. The Morgan fingerprint density at radius 1 is 1.14 bits per heavy atom. The van der Waals surface area contributed by atoms with Crippen LogP contribution in [0.15, 0.2) is 48.5 Å². The van der Waals surface area contributed by atoms with Gasteiger partial charge in [0.1, 0.15) is 5.82 Å². The number of nitro groups is 1. The van der Waals surface area contributed by atoms with E-state index in [0.29, 0.717) is 17.6 Å². The molecule has 2 bridgehead atoms. The normalized spacial score (nSPS) is 24.1. The highest BCUT2D eigenvalue weighted by Gasteiger charge is 2.38. The second-order valence-corrected chi connectivity index (χ2v) is 7.99. The van der Waals surface area contributed by atoms with Crippen LogP contribution in [-0.2, 0) is 6.54 Å². The number of carbonyl (C=O) groups is 1. The van der Waals surface area contributed by atoms with Gasteiger partial charge in [-0.25, -0.2) is 4.39 Å². The lowest BCUT2D eigenvalue weighted by atomic mass is 9.81. The summed E-state index contributed by atoms with van der Waals surface area (Å²) in [6.07, 6.45) is 5.07. The molecule has 0 aromatic heterocycles. The number of amides is 1. The van der Waals surface area contributed by atoms with Gasteiger partial charge in [0.15, 0.2) is 0 Å². The summed E-state index contributed by atoms with van der Waals surface area (Å²) in [5, 5.41) is 14.0. The van der Waals surface area contributed by atoms with E-state index < -0.39 is 4.92 Å². The quantitative estimate of drug-likeness (QED) is 0.610. The van der Waals surface area contributed by atoms with Gasteiger partial charge >= 0.3 is 0 Å². The molecular weight excluding hydrogens is 373 g/mol. The Balaban J connectivity index is 1.42. The Labute approximate surface area is 168 Å². The minimum Gasteiger partial charge on any atom is -0.349 e. The van der Waals surface area contributed by atoms with E-state index >= 15 is 0 Å². The molecule has 1 N–H and O–H groups in total. The smallest absolute Gasteiger partial charge is 0.270 e. The Morgan fingerprint density at radius 2 is 1.83 bits per heavy atom. The lowest BCUT2D eigenvalue weighted by Gasteiger charge is -2.49. The average molecular weight is 397 g/mol. The van der Waals surface area contributed by atoms with Crippen molar-refractivity contribution >= 4 is 11.6 Å². The van der Waals surface area contributed by atoms with E-state index in [1.54, 1.807) is 6.07 Å². The van der Waals surface area contributed by atoms with Crippen LogP contribution < -0.4 is 5.32 Å². The molecule has 2 aliphatic heterocycles. The Bertz CT molecular complexity index is 888. The van der Waals surface area contributed by atoms with Crippen molar-refractivity contribution in [2.75, 3.05) is 0 Å². The van der Waals surface area contributed by atoms with Crippen LogP contribution >= 0.6 is 0 Å². The van der Waals surface area contributed by atoms with E-state index in [2.05, 4.69) is 10.2 Å². The molecule has 1 amide bonds. The van der Waals surface area contributed by atoms with Crippen LogP contribution in [0.25, 0.3) is 0 Å². The number of nitrogens with zero attached hydrogens (tertiary/aromatic N) is 2. The summed E-state index contributed by atoms with van der Waals surface area (Å²) in [6.45, 7) is 0.793. The second-order valence-electron chi connectivity index (χ2n) is 7.99. The van der Waals surface area contributed by atoms with E-state index in [1.807, 2.05) is 12.1 Å². The number of carbonyl (C=O) groups excluding carboxylic acids is 1. The highest BCUT2D eigenvalue weighted by atomic mass is 19.1. The molecule has 2 atom stereocenters. The van der Waals surface area contributed by atoms with E-state index in [-0.39, 0.29) is 23.5 Å². The first-order chi connectivity index (χ1) is 14.0. The molecule has 0 aliphatic carbocycles. The fraction of sp³-hybridized carbons (Fsp3) is 0.409. The zero-order chi connectivity index (χ0) is 20.4. The number of nitrogens with one attached hydrogen (secondary N) is 1. The summed E-state index contributed by atoms with van der Waals surface area (Å²) in [4.78, 5) is 25.6. The van der Waals surface area contributed by atoms with Gasteiger partial charge in [-0.3, -0.25) is 19.8 Å². The molecule has 2 heterocycles. The lowest BCUT2D eigenvalue weighted by Crippen LogP contribution is -2.56. The molecule has 0 unspecified atom stereocenters. The van der Waals surface area contributed by atoms with Crippen LogP contribution in [0.5, 0.6) is 0 Å². The fourth-order valence-corrected chi connectivity index (χ4v) is 4.68. The van der Waals surface area contributed by atoms with E-state index in [9.17, 15) is 19.3 Å². The Hall–Kier alpha value is -2.80. The summed E-state index contributed by atoms with van der Waals surface area (Å²) in [5.74, 6) is -0.486. The van der Waals surface area contributed by atoms with Crippen molar-refractivity contribution in [3.05, 3.63) is 75.6 Å². The summed E-state index contributed by atoms with van der Waals surface area (Å²) >= 11 is 0. The van der Waals surface area contributed by atoms with E-state index in [4.69, 9.17) is 0 Å². The molecule has 2 aromatic carbocycles. The summed E-state index contributed by atoms with van der Waals surface area (Å²) in [5.41, 5.74) is 1.34. The SMILES string of the molecule is O=C(NC1C[C@H]2CCC[C@H](C1)N2Cc1ccc(F)cc1)c1cccc([N+](=O)[O-])c1. The maximum Gasteiger partial charge on any atom is 0.270 e. The van der Waals surface area contributed by atoms with E-state index in [0.717, 1.165) is 37.8 Å². The average Bonchev–Trinajstić information content (AvgIpc) is 2.70. The molecule has 6 nitrogen and oxygen atoms in total. The van der Waals surface area contributed by atoms with Crippen molar-refractivity contribution in [3.63, 3.8) is 0 Å². The van der Waals surface area contributed by atoms with Crippen molar-refractivity contribution in [1.82, 2.24) is 10.2 Å². The van der Waals surface area contributed by atoms with Gasteiger partial charge in [0.2, 0.25) is 0 Å². The van der Waals surface area contributed by atoms with Crippen LogP contribution in [0.3, 0.4) is 0 Å². The topological polar surface area (TPSA) is 75.5 Å². The first-order valence-corrected chi connectivity index (χ1v) is 10.0. The van der Waals surface area contributed by atoms with Crippen molar-refractivity contribution in [3.8, 4) is 0 Å². The maximum absolute atomic E-state index is 13.2. The molecule has 152 valence electrons. The van der Waals surface area contributed by atoms with Gasteiger partial charge in [-0.05, 0) is 49.4 Å². The molecule has 0 spiro atoms. The number of nitro benzene ring substituents is 1. The number of halogens is 1. The van der Waals surface area contributed by atoms with Crippen molar-refractivity contribution in [1.29, 1.82) is 0 Å². The zero-order valence-corrected chi connectivity index (χ0v) is 16.1. The van der Waals surface area contributed by atoms with E-state index in [1.165, 1.54) is 36.8 Å². The highest BCUT2D eigenvalue weighted by molar-refractivity contribution is 5.95. The van der Waals surface area contributed by atoms with Crippen molar-refractivity contribution < 1.29 is 14.1 Å². The summed E-state index contributed by atoms with van der Waals surface area (Å²) < 4.78 is 13.2. The first-order valence-electron chi connectivity index (χ1n) is 10.0. The predicted molar refractivity (Wildman–Crippen MR) is 107 cm³/mol. The molecule has 2 fully saturated rings. The van der Waals surface area contributed by atoms with Crippen molar-refractivity contribution in [2.24, 2.45) is 0 Å². The minimum atomic E-state index is -0.491. The molecule has 2 saturated heterocycles. The molecule has 0 saturated carbocycles. The minimum absolute atomic E-state index is 0.0570. The lowest BCUT2D eigenvalue weighted by molar-refractivity contribution is -0.384. The van der Waals surface area contributed by atoms with Crippen LogP contribution in [0, 0.1) is 15.9 Å². The van der Waals surface area contributed by atoms with Gasteiger partial charge in [-0.1, -0.05) is 24.6 Å². The van der Waals surface area contributed by atoms with Crippen molar-refractivity contribution in [2.45, 2.75) is 56.8 Å². The van der Waals surface area contributed by atoms with Gasteiger partial charge in [-0.15, -0.1) is 0 Å². The number of piperidine rings is 2. The number of hydrogen-bond acceptors (Lipinski definition) is 4. The third-order valence-corrected chi connectivity index (χ3v) is 6.06.